The van der Waals surface area contributed by atoms with E-state index in [0.717, 1.165) is 25.2 Å². The van der Waals surface area contributed by atoms with Crippen molar-refractivity contribution in [1.29, 1.82) is 0 Å². The van der Waals surface area contributed by atoms with Crippen LogP contribution in [0, 0.1) is 11.8 Å². The summed E-state index contributed by atoms with van der Waals surface area (Å²) in [4.78, 5) is 11.9. The van der Waals surface area contributed by atoms with Gasteiger partial charge in [0.05, 0.1) is 6.10 Å². The van der Waals surface area contributed by atoms with Crippen molar-refractivity contribution in [1.82, 2.24) is 5.32 Å². The van der Waals surface area contributed by atoms with Crippen LogP contribution in [0.15, 0.2) is 0 Å². The molecule has 2 fully saturated rings. The molecular weight excluding hydrogens is 218 g/mol. The minimum absolute atomic E-state index is 0.0771. The Morgan fingerprint density at radius 3 is 2.59 bits per heavy atom. The fraction of sp³-hybridized carbons (Fsp3) is 0.923. The Hall–Kier alpha value is -0.610. The third-order valence-corrected chi connectivity index (χ3v) is 4.23. The van der Waals surface area contributed by atoms with Crippen LogP contribution in [-0.2, 0) is 9.53 Å². The van der Waals surface area contributed by atoms with Crippen LogP contribution in [0.5, 0.6) is 0 Å². The van der Waals surface area contributed by atoms with Crippen molar-refractivity contribution in [2.75, 3.05) is 6.54 Å². The van der Waals surface area contributed by atoms with Gasteiger partial charge in [-0.3, -0.25) is 4.79 Å². The lowest BCUT2D eigenvalue weighted by atomic mass is 9.80. The molecule has 98 valence electrons. The first kappa shape index (κ1) is 12.8. The van der Waals surface area contributed by atoms with Crippen LogP contribution in [0.3, 0.4) is 0 Å². The van der Waals surface area contributed by atoms with E-state index in [1.165, 1.54) is 0 Å². The van der Waals surface area contributed by atoms with E-state index in [4.69, 9.17) is 4.74 Å². The molecule has 4 heteroatoms. The SMILES string of the molecule is CC1CCC(OC(=O)[C@@H]2C[C@H](O)CN2)CC1C. The molecule has 17 heavy (non-hydrogen) atoms. The topological polar surface area (TPSA) is 58.6 Å². The van der Waals surface area contributed by atoms with Crippen LogP contribution >= 0.6 is 0 Å². The number of carbonyl (C=O) groups is 1. The Kier molecular flexibility index (Phi) is 4.05. The highest BCUT2D eigenvalue weighted by atomic mass is 16.5. The number of esters is 1. The first-order valence-corrected chi connectivity index (χ1v) is 6.68. The molecule has 4 nitrogen and oxygen atoms in total. The fourth-order valence-corrected chi connectivity index (χ4v) is 2.75. The number of hydrogen-bond acceptors (Lipinski definition) is 4. The molecule has 2 N–H and O–H groups in total. The average molecular weight is 241 g/mol. The maximum absolute atomic E-state index is 11.9. The highest BCUT2D eigenvalue weighted by Crippen LogP contribution is 2.31. The second-order valence-electron chi connectivity index (χ2n) is 5.68. The summed E-state index contributed by atoms with van der Waals surface area (Å²) in [5.41, 5.74) is 0. The number of ether oxygens (including phenoxy) is 1. The predicted molar refractivity (Wildman–Crippen MR) is 64.5 cm³/mol. The average Bonchev–Trinajstić information content (AvgIpc) is 2.70. The number of nitrogens with one attached hydrogen (secondary N) is 1. The second-order valence-corrected chi connectivity index (χ2v) is 5.68. The number of β-amino-alcohol motifs (C(OH)–C–C–N with tert-alkyl or cyclic N) is 1. The molecule has 1 heterocycles. The van der Waals surface area contributed by atoms with E-state index in [0.29, 0.717) is 18.9 Å². The zero-order chi connectivity index (χ0) is 12.4. The summed E-state index contributed by atoms with van der Waals surface area (Å²) in [6.45, 7) is 4.98. The molecule has 1 aliphatic heterocycles. The summed E-state index contributed by atoms with van der Waals surface area (Å²) in [6.07, 6.45) is 3.25. The highest BCUT2D eigenvalue weighted by Gasteiger charge is 2.33. The molecule has 0 amide bonds. The number of rotatable bonds is 2. The van der Waals surface area contributed by atoms with Crippen LogP contribution < -0.4 is 5.32 Å². The molecule has 3 unspecified atom stereocenters. The largest absolute Gasteiger partial charge is 0.461 e. The fourth-order valence-electron chi connectivity index (χ4n) is 2.75. The molecule has 0 spiro atoms. The molecule has 0 bridgehead atoms. The number of hydrogen-bond donors (Lipinski definition) is 2. The van der Waals surface area contributed by atoms with E-state index in [9.17, 15) is 9.90 Å². The van der Waals surface area contributed by atoms with Gasteiger partial charge in [0, 0.05) is 13.0 Å². The normalized spacial score (nSPS) is 42.4. The molecule has 5 atom stereocenters. The standard InChI is InChI=1S/C13H23NO3/c1-8-3-4-11(5-9(8)2)17-13(16)12-6-10(15)7-14-12/h8-12,14-15H,3-7H2,1-2H3/t8?,9?,10-,11?,12-/m0/s1. The van der Waals surface area contributed by atoms with Crippen molar-refractivity contribution >= 4 is 5.97 Å². The summed E-state index contributed by atoms with van der Waals surface area (Å²) in [5.74, 6) is 1.17. The molecule has 1 saturated carbocycles. The quantitative estimate of drug-likeness (QED) is 0.710. The molecular formula is C13H23NO3. The van der Waals surface area contributed by atoms with Crippen LogP contribution in [0.1, 0.15) is 39.5 Å². The van der Waals surface area contributed by atoms with E-state index in [-0.39, 0.29) is 18.1 Å². The smallest absolute Gasteiger partial charge is 0.323 e. The van der Waals surface area contributed by atoms with Gasteiger partial charge >= 0.3 is 5.97 Å². The van der Waals surface area contributed by atoms with Gasteiger partial charge in [-0.2, -0.15) is 0 Å². The Morgan fingerprint density at radius 2 is 2.00 bits per heavy atom. The van der Waals surface area contributed by atoms with Gasteiger partial charge in [0.1, 0.15) is 12.1 Å². The van der Waals surface area contributed by atoms with Gasteiger partial charge in [-0.15, -0.1) is 0 Å². The lowest BCUT2D eigenvalue weighted by Crippen LogP contribution is -2.37. The Balaban J connectivity index is 1.79. The predicted octanol–water partition coefficient (Wildman–Crippen LogP) is 1.08. The van der Waals surface area contributed by atoms with Crippen LogP contribution in [0.2, 0.25) is 0 Å². The van der Waals surface area contributed by atoms with Crippen molar-refractivity contribution in [3.05, 3.63) is 0 Å². The van der Waals surface area contributed by atoms with Crippen molar-refractivity contribution in [2.24, 2.45) is 11.8 Å². The number of carbonyl (C=O) groups excluding carboxylic acids is 1. The maximum Gasteiger partial charge on any atom is 0.323 e. The summed E-state index contributed by atoms with van der Waals surface area (Å²) in [7, 11) is 0. The van der Waals surface area contributed by atoms with E-state index >= 15 is 0 Å². The molecule has 1 aliphatic carbocycles. The summed E-state index contributed by atoms with van der Waals surface area (Å²) < 4.78 is 5.53. The summed E-state index contributed by atoms with van der Waals surface area (Å²) in [6, 6.07) is -0.306. The molecule has 0 aromatic carbocycles. The first-order valence-electron chi connectivity index (χ1n) is 6.68. The molecule has 2 aliphatic rings. The molecule has 0 radical (unpaired) electrons. The van der Waals surface area contributed by atoms with E-state index in [2.05, 4.69) is 19.2 Å². The summed E-state index contributed by atoms with van der Waals surface area (Å²) in [5, 5.41) is 12.4. The van der Waals surface area contributed by atoms with E-state index < -0.39 is 6.10 Å². The minimum atomic E-state index is -0.405. The maximum atomic E-state index is 11.9. The van der Waals surface area contributed by atoms with Gasteiger partial charge < -0.3 is 15.2 Å². The third kappa shape index (κ3) is 3.19. The zero-order valence-electron chi connectivity index (χ0n) is 10.7. The molecule has 0 aromatic heterocycles. The van der Waals surface area contributed by atoms with Crippen molar-refractivity contribution in [3.8, 4) is 0 Å². The van der Waals surface area contributed by atoms with E-state index in [1.54, 1.807) is 0 Å². The van der Waals surface area contributed by atoms with Crippen molar-refractivity contribution in [3.63, 3.8) is 0 Å². The lowest BCUT2D eigenvalue weighted by Gasteiger charge is -2.32. The Bertz CT molecular complexity index is 282. The zero-order valence-corrected chi connectivity index (χ0v) is 10.7. The van der Waals surface area contributed by atoms with Crippen LogP contribution in [0.4, 0.5) is 0 Å². The second kappa shape index (κ2) is 5.36. The van der Waals surface area contributed by atoms with Gasteiger partial charge in [-0.1, -0.05) is 13.8 Å². The van der Waals surface area contributed by atoms with Crippen molar-refractivity contribution in [2.45, 2.75) is 57.8 Å². The van der Waals surface area contributed by atoms with Crippen LogP contribution in [-0.4, -0.2) is 35.9 Å². The Labute approximate surface area is 103 Å². The number of aliphatic hydroxyl groups excluding tert-OH is 1. The Morgan fingerprint density at radius 1 is 1.24 bits per heavy atom. The third-order valence-electron chi connectivity index (χ3n) is 4.23. The minimum Gasteiger partial charge on any atom is -0.461 e. The van der Waals surface area contributed by atoms with Gasteiger partial charge in [-0.05, 0) is 31.1 Å². The van der Waals surface area contributed by atoms with Gasteiger partial charge in [0.25, 0.3) is 0 Å². The van der Waals surface area contributed by atoms with E-state index in [1.807, 2.05) is 0 Å². The monoisotopic (exact) mass is 241 g/mol. The summed E-state index contributed by atoms with van der Waals surface area (Å²) >= 11 is 0. The van der Waals surface area contributed by atoms with Crippen LogP contribution in [0.25, 0.3) is 0 Å². The van der Waals surface area contributed by atoms with Gasteiger partial charge in [-0.25, -0.2) is 0 Å². The van der Waals surface area contributed by atoms with Crippen molar-refractivity contribution < 1.29 is 14.6 Å². The first-order chi connectivity index (χ1) is 8.06. The molecule has 2 rings (SSSR count). The highest BCUT2D eigenvalue weighted by molar-refractivity contribution is 5.76. The molecule has 1 saturated heterocycles. The van der Waals surface area contributed by atoms with Gasteiger partial charge in [0.15, 0.2) is 0 Å². The lowest BCUT2D eigenvalue weighted by molar-refractivity contribution is -0.154. The number of aliphatic hydroxyl groups is 1. The molecule has 0 aromatic rings. The van der Waals surface area contributed by atoms with Gasteiger partial charge in [0.2, 0.25) is 0 Å².